The molecule has 0 radical (unpaired) electrons. The summed E-state index contributed by atoms with van der Waals surface area (Å²) >= 11 is 0. The van der Waals surface area contributed by atoms with Crippen molar-refractivity contribution in [2.24, 2.45) is 0 Å². The first kappa shape index (κ1) is 17.0. The van der Waals surface area contributed by atoms with Crippen molar-refractivity contribution in [2.45, 2.75) is 20.0 Å². The number of rotatable bonds is 5. The minimum Gasteiger partial charge on any atom is -0.477 e. The van der Waals surface area contributed by atoms with Crippen LogP contribution in [0.25, 0.3) is 28.2 Å². The SMILES string of the molecule is CCOc1cnc(-c2nc(C(C)O)nn2-c2ccnc3cccnc23)cn1. The molecule has 4 aromatic heterocycles. The highest BCUT2D eigenvalue weighted by Crippen LogP contribution is 2.25. The van der Waals surface area contributed by atoms with Crippen LogP contribution in [0.3, 0.4) is 0 Å². The van der Waals surface area contributed by atoms with Crippen molar-refractivity contribution >= 4 is 11.0 Å². The Balaban J connectivity index is 1.90. The molecule has 9 heteroatoms. The fourth-order valence-corrected chi connectivity index (χ4v) is 2.63. The van der Waals surface area contributed by atoms with E-state index in [2.05, 4.69) is 30.0 Å². The molecule has 0 aromatic carbocycles. The summed E-state index contributed by atoms with van der Waals surface area (Å²) in [5.41, 5.74) is 2.58. The summed E-state index contributed by atoms with van der Waals surface area (Å²) < 4.78 is 6.94. The zero-order chi connectivity index (χ0) is 18.8. The molecule has 9 nitrogen and oxygen atoms in total. The Morgan fingerprint density at radius 3 is 2.74 bits per heavy atom. The molecule has 1 unspecified atom stereocenters. The average molecular weight is 363 g/mol. The molecular weight excluding hydrogens is 346 g/mol. The number of hydrogen-bond acceptors (Lipinski definition) is 8. The van der Waals surface area contributed by atoms with Gasteiger partial charge in [0.15, 0.2) is 11.6 Å². The van der Waals surface area contributed by atoms with E-state index in [9.17, 15) is 5.11 Å². The van der Waals surface area contributed by atoms with Gasteiger partial charge in [0.1, 0.15) is 17.3 Å². The highest BCUT2D eigenvalue weighted by molar-refractivity contribution is 5.83. The molecule has 4 rings (SSSR count). The van der Waals surface area contributed by atoms with Crippen LogP contribution in [0.2, 0.25) is 0 Å². The maximum absolute atomic E-state index is 9.96. The van der Waals surface area contributed by atoms with Gasteiger partial charge in [-0.3, -0.25) is 9.97 Å². The van der Waals surface area contributed by atoms with Crippen molar-refractivity contribution in [2.75, 3.05) is 6.61 Å². The molecule has 0 bridgehead atoms. The number of pyridine rings is 2. The Morgan fingerprint density at radius 1 is 1.11 bits per heavy atom. The molecule has 4 aromatic rings. The molecule has 1 N–H and O–H groups in total. The van der Waals surface area contributed by atoms with E-state index in [1.165, 1.54) is 6.20 Å². The zero-order valence-corrected chi connectivity index (χ0v) is 14.8. The van der Waals surface area contributed by atoms with E-state index < -0.39 is 6.10 Å². The summed E-state index contributed by atoms with van der Waals surface area (Å²) in [5, 5.41) is 14.4. The number of nitrogens with zero attached hydrogens (tertiary/aromatic N) is 7. The minimum atomic E-state index is -0.832. The Bertz CT molecular complexity index is 1070. The summed E-state index contributed by atoms with van der Waals surface area (Å²) in [4.78, 5) is 21.8. The second-order valence-corrected chi connectivity index (χ2v) is 5.76. The van der Waals surface area contributed by atoms with Gasteiger partial charge in [-0.15, -0.1) is 5.10 Å². The van der Waals surface area contributed by atoms with Crippen LogP contribution in [-0.4, -0.2) is 46.4 Å². The first-order valence-corrected chi connectivity index (χ1v) is 8.47. The summed E-state index contributed by atoms with van der Waals surface area (Å²) in [6, 6.07) is 5.48. The lowest BCUT2D eigenvalue weighted by atomic mass is 10.3. The molecule has 0 aliphatic heterocycles. The van der Waals surface area contributed by atoms with Gasteiger partial charge in [0, 0.05) is 12.4 Å². The van der Waals surface area contributed by atoms with Gasteiger partial charge in [0.25, 0.3) is 0 Å². The first-order chi connectivity index (χ1) is 13.2. The third-order valence-corrected chi connectivity index (χ3v) is 3.85. The Kier molecular flexibility index (Phi) is 4.43. The average Bonchev–Trinajstić information content (AvgIpc) is 3.14. The molecule has 0 spiro atoms. The molecule has 136 valence electrons. The van der Waals surface area contributed by atoms with Gasteiger partial charge >= 0.3 is 0 Å². The van der Waals surface area contributed by atoms with Crippen LogP contribution >= 0.6 is 0 Å². The fraction of sp³-hybridized carbons (Fsp3) is 0.222. The van der Waals surface area contributed by atoms with Crippen molar-refractivity contribution in [1.82, 2.24) is 34.7 Å². The molecule has 0 saturated heterocycles. The Morgan fingerprint density at radius 2 is 2.00 bits per heavy atom. The first-order valence-electron chi connectivity index (χ1n) is 8.47. The number of aliphatic hydroxyl groups excluding tert-OH is 1. The number of aromatic nitrogens is 7. The maximum Gasteiger partial charge on any atom is 0.232 e. The zero-order valence-electron chi connectivity index (χ0n) is 14.8. The van der Waals surface area contributed by atoms with E-state index in [0.29, 0.717) is 35.2 Å². The monoisotopic (exact) mass is 363 g/mol. The molecule has 0 aliphatic rings. The predicted molar refractivity (Wildman–Crippen MR) is 97.3 cm³/mol. The van der Waals surface area contributed by atoms with Gasteiger partial charge in [-0.05, 0) is 32.0 Å². The van der Waals surface area contributed by atoms with Crippen LogP contribution in [-0.2, 0) is 0 Å². The predicted octanol–water partition coefficient (Wildman–Crippen LogP) is 2.12. The lowest BCUT2D eigenvalue weighted by Gasteiger charge is -2.08. The normalized spacial score (nSPS) is 12.3. The summed E-state index contributed by atoms with van der Waals surface area (Å²) in [7, 11) is 0. The number of hydrogen-bond donors (Lipinski definition) is 1. The standard InChI is InChI=1S/C18H17N7O2/c1-3-27-15-10-21-13(9-22-15)18-23-17(11(2)26)24-25(18)14-6-8-19-12-5-4-7-20-16(12)14/h4-11,26H,3H2,1-2H3. The van der Waals surface area contributed by atoms with Crippen LogP contribution in [0.15, 0.2) is 43.0 Å². The molecule has 0 aliphatic carbocycles. The second-order valence-electron chi connectivity index (χ2n) is 5.76. The van der Waals surface area contributed by atoms with Crippen LogP contribution in [0.4, 0.5) is 0 Å². The number of fused-ring (bicyclic) bond motifs is 1. The molecular formula is C18H17N7O2. The third-order valence-electron chi connectivity index (χ3n) is 3.85. The van der Waals surface area contributed by atoms with E-state index in [-0.39, 0.29) is 5.82 Å². The van der Waals surface area contributed by atoms with Crippen molar-refractivity contribution in [3.8, 4) is 23.1 Å². The minimum absolute atomic E-state index is 0.279. The highest BCUT2D eigenvalue weighted by atomic mass is 16.5. The summed E-state index contributed by atoms with van der Waals surface area (Å²) in [5.74, 6) is 1.15. The van der Waals surface area contributed by atoms with Gasteiger partial charge in [-0.25, -0.2) is 19.6 Å². The van der Waals surface area contributed by atoms with Crippen LogP contribution in [0, 0.1) is 0 Å². The van der Waals surface area contributed by atoms with E-state index >= 15 is 0 Å². The molecule has 0 amide bonds. The lowest BCUT2D eigenvalue weighted by Crippen LogP contribution is -2.04. The second kappa shape index (κ2) is 7.04. The molecule has 4 heterocycles. The van der Waals surface area contributed by atoms with Gasteiger partial charge in [0.2, 0.25) is 5.88 Å². The third kappa shape index (κ3) is 3.20. The van der Waals surface area contributed by atoms with Gasteiger partial charge in [-0.1, -0.05) is 0 Å². The van der Waals surface area contributed by atoms with E-state index in [0.717, 1.165) is 5.52 Å². The topological polar surface area (TPSA) is 112 Å². The van der Waals surface area contributed by atoms with Gasteiger partial charge in [0.05, 0.1) is 30.2 Å². The Hall–Kier alpha value is -3.46. The van der Waals surface area contributed by atoms with Gasteiger partial charge < -0.3 is 9.84 Å². The van der Waals surface area contributed by atoms with E-state index in [1.807, 2.05) is 19.1 Å². The van der Waals surface area contributed by atoms with Crippen molar-refractivity contribution in [3.63, 3.8) is 0 Å². The van der Waals surface area contributed by atoms with Crippen molar-refractivity contribution in [1.29, 1.82) is 0 Å². The smallest absolute Gasteiger partial charge is 0.232 e. The lowest BCUT2D eigenvalue weighted by molar-refractivity contribution is 0.189. The van der Waals surface area contributed by atoms with Crippen LogP contribution < -0.4 is 4.74 Å². The molecule has 27 heavy (non-hydrogen) atoms. The van der Waals surface area contributed by atoms with Crippen molar-refractivity contribution < 1.29 is 9.84 Å². The number of aliphatic hydroxyl groups is 1. The largest absolute Gasteiger partial charge is 0.477 e. The maximum atomic E-state index is 9.96. The fourth-order valence-electron chi connectivity index (χ4n) is 2.63. The molecule has 0 saturated carbocycles. The van der Waals surface area contributed by atoms with E-state index in [1.54, 1.807) is 36.3 Å². The van der Waals surface area contributed by atoms with Gasteiger partial charge in [-0.2, -0.15) is 0 Å². The Labute approximate surface area is 154 Å². The van der Waals surface area contributed by atoms with Crippen LogP contribution in [0.1, 0.15) is 25.8 Å². The molecule has 1 atom stereocenters. The summed E-state index contributed by atoms with van der Waals surface area (Å²) in [6.07, 6.45) is 5.63. The van der Waals surface area contributed by atoms with Crippen LogP contribution in [0.5, 0.6) is 5.88 Å². The molecule has 0 fully saturated rings. The van der Waals surface area contributed by atoms with Crippen molar-refractivity contribution in [3.05, 3.63) is 48.8 Å². The summed E-state index contributed by atoms with van der Waals surface area (Å²) in [6.45, 7) is 3.99. The number of ether oxygens (including phenoxy) is 1. The van der Waals surface area contributed by atoms with E-state index in [4.69, 9.17) is 4.74 Å². The highest BCUT2D eigenvalue weighted by Gasteiger charge is 2.19. The quantitative estimate of drug-likeness (QED) is 0.574.